The predicted octanol–water partition coefficient (Wildman–Crippen LogP) is 1.69. The summed E-state index contributed by atoms with van der Waals surface area (Å²) in [6, 6.07) is 7.00. The molecule has 2 atom stereocenters. The van der Waals surface area contributed by atoms with Crippen molar-refractivity contribution in [3.8, 4) is 5.75 Å². The number of aliphatic hydroxyl groups is 1. The topological polar surface area (TPSA) is 43.7 Å². The smallest absolute Gasteiger partial charge is 0.115 e. The lowest BCUT2D eigenvalue weighted by molar-refractivity contribution is -0.0153. The first-order chi connectivity index (χ1) is 7.51. The number of hydrogen-bond acceptors (Lipinski definition) is 3. The molecule has 0 spiro atoms. The molecule has 1 fully saturated rings. The molecular weight excluding hydrogens is 202 g/mol. The third-order valence-corrected chi connectivity index (χ3v) is 3.62. The van der Waals surface area contributed by atoms with E-state index in [1.165, 1.54) is 0 Å². The van der Waals surface area contributed by atoms with E-state index in [9.17, 15) is 10.2 Å². The van der Waals surface area contributed by atoms with Gasteiger partial charge >= 0.3 is 0 Å². The van der Waals surface area contributed by atoms with E-state index in [2.05, 4.69) is 4.90 Å². The molecule has 0 aromatic heterocycles. The summed E-state index contributed by atoms with van der Waals surface area (Å²) in [5.41, 5.74) is 0.0166. The third kappa shape index (κ3) is 1.93. The SMILES string of the molecule is CN1CCC[C@@H]1[C@](C)(O)c1ccc(O)cc1. The maximum absolute atomic E-state index is 10.6. The number of likely N-dealkylation sites (N-methyl/N-ethyl adjacent to an activating group) is 1. The standard InChI is InChI=1S/C13H19NO2/c1-13(16,12-4-3-9-14(12)2)10-5-7-11(15)8-6-10/h5-8,12,15-16H,3-4,9H2,1-2H3/t12-,13-/m1/s1. The highest BCUT2D eigenvalue weighted by Gasteiger charge is 2.38. The fraction of sp³-hybridized carbons (Fsp3) is 0.538. The first-order valence-electron chi connectivity index (χ1n) is 5.74. The van der Waals surface area contributed by atoms with Crippen molar-refractivity contribution in [3.63, 3.8) is 0 Å². The summed E-state index contributed by atoms with van der Waals surface area (Å²) < 4.78 is 0. The molecular formula is C13H19NO2. The molecule has 16 heavy (non-hydrogen) atoms. The summed E-state index contributed by atoms with van der Waals surface area (Å²) in [7, 11) is 2.05. The van der Waals surface area contributed by atoms with Gasteiger partial charge in [-0.25, -0.2) is 0 Å². The van der Waals surface area contributed by atoms with Crippen LogP contribution in [0.3, 0.4) is 0 Å². The van der Waals surface area contributed by atoms with Crippen LogP contribution in [0.1, 0.15) is 25.3 Å². The van der Waals surface area contributed by atoms with Crippen molar-refractivity contribution in [2.75, 3.05) is 13.6 Å². The number of nitrogens with zero attached hydrogens (tertiary/aromatic N) is 1. The number of phenols is 1. The van der Waals surface area contributed by atoms with Gasteiger partial charge in [0.2, 0.25) is 0 Å². The fourth-order valence-electron chi connectivity index (χ4n) is 2.61. The number of aromatic hydroxyl groups is 1. The molecule has 1 aromatic rings. The first kappa shape index (κ1) is 11.4. The number of phenolic OH excluding ortho intramolecular Hbond substituents is 1. The van der Waals surface area contributed by atoms with Crippen LogP contribution >= 0.6 is 0 Å². The molecule has 2 rings (SSSR count). The lowest BCUT2D eigenvalue weighted by Gasteiger charge is -2.35. The van der Waals surface area contributed by atoms with Gasteiger partial charge in [-0.15, -0.1) is 0 Å². The Bertz CT molecular complexity index is 359. The molecule has 0 amide bonds. The molecule has 0 bridgehead atoms. The molecule has 1 saturated heterocycles. The van der Waals surface area contributed by atoms with E-state index in [0.29, 0.717) is 0 Å². The molecule has 1 aromatic carbocycles. The van der Waals surface area contributed by atoms with Crippen molar-refractivity contribution < 1.29 is 10.2 Å². The molecule has 1 aliphatic rings. The van der Waals surface area contributed by atoms with Crippen molar-refractivity contribution in [1.82, 2.24) is 4.90 Å². The van der Waals surface area contributed by atoms with E-state index in [4.69, 9.17) is 0 Å². The molecule has 0 saturated carbocycles. The largest absolute Gasteiger partial charge is 0.508 e. The van der Waals surface area contributed by atoms with Gasteiger partial charge in [-0.2, -0.15) is 0 Å². The predicted molar refractivity (Wildman–Crippen MR) is 63.3 cm³/mol. The second-order valence-corrected chi connectivity index (χ2v) is 4.83. The maximum atomic E-state index is 10.6. The minimum atomic E-state index is -0.848. The van der Waals surface area contributed by atoms with Crippen LogP contribution in [0.2, 0.25) is 0 Å². The Morgan fingerprint density at radius 3 is 2.44 bits per heavy atom. The molecule has 2 N–H and O–H groups in total. The fourth-order valence-corrected chi connectivity index (χ4v) is 2.61. The highest BCUT2D eigenvalue weighted by atomic mass is 16.3. The Kier molecular flexibility index (Phi) is 2.91. The van der Waals surface area contributed by atoms with Gasteiger partial charge in [-0.05, 0) is 51.1 Å². The Labute approximate surface area is 96.3 Å². The van der Waals surface area contributed by atoms with Gasteiger partial charge in [0.1, 0.15) is 11.4 Å². The number of rotatable bonds is 2. The lowest BCUT2D eigenvalue weighted by Crippen LogP contribution is -2.43. The van der Waals surface area contributed by atoms with Crippen LogP contribution in [0.15, 0.2) is 24.3 Å². The maximum Gasteiger partial charge on any atom is 0.115 e. The van der Waals surface area contributed by atoms with Crippen LogP contribution < -0.4 is 0 Å². The van der Waals surface area contributed by atoms with Crippen molar-refractivity contribution in [2.24, 2.45) is 0 Å². The van der Waals surface area contributed by atoms with Crippen LogP contribution in [0.5, 0.6) is 5.75 Å². The molecule has 3 heteroatoms. The van der Waals surface area contributed by atoms with Crippen molar-refractivity contribution in [1.29, 1.82) is 0 Å². The van der Waals surface area contributed by atoms with Crippen LogP contribution in [0, 0.1) is 0 Å². The van der Waals surface area contributed by atoms with Crippen molar-refractivity contribution in [2.45, 2.75) is 31.4 Å². The van der Waals surface area contributed by atoms with E-state index in [1.807, 2.05) is 14.0 Å². The zero-order valence-corrected chi connectivity index (χ0v) is 9.85. The highest BCUT2D eigenvalue weighted by molar-refractivity contribution is 5.30. The third-order valence-electron chi connectivity index (χ3n) is 3.62. The van der Waals surface area contributed by atoms with E-state index >= 15 is 0 Å². The van der Waals surface area contributed by atoms with Crippen molar-refractivity contribution in [3.05, 3.63) is 29.8 Å². The molecule has 0 radical (unpaired) electrons. The minimum absolute atomic E-state index is 0.164. The van der Waals surface area contributed by atoms with E-state index in [1.54, 1.807) is 24.3 Å². The lowest BCUT2D eigenvalue weighted by atomic mass is 9.87. The number of likely N-dealkylation sites (tertiary alicyclic amines) is 1. The van der Waals surface area contributed by atoms with Crippen LogP contribution in [0.25, 0.3) is 0 Å². The van der Waals surface area contributed by atoms with Crippen LogP contribution in [-0.4, -0.2) is 34.7 Å². The van der Waals surface area contributed by atoms with E-state index in [0.717, 1.165) is 24.9 Å². The van der Waals surface area contributed by atoms with Gasteiger partial charge in [0, 0.05) is 6.04 Å². The Morgan fingerprint density at radius 2 is 1.94 bits per heavy atom. The van der Waals surface area contributed by atoms with Gasteiger partial charge < -0.3 is 15.1 Å². The van der Waals surface area contributed by atoms with Crippen LogP contribution in [0.4, 0.5) is 0 Å². The van der Waals surface area contributed by atoms with Gasteiger partial charge in [0.25, 0.3) is 0 Å². The summed E-state index contributed by atoms with van der Waals surface area (Å²) in [4.78, 5) is 2.20. The average Bonchev–Trinajstić information content (AvgIpc) is 2.66. The quantitative estimate of drug-likeness (QED) is 0.798. The summed E-state index contributed by atoms with van der Waals surface area (Å²) in [6.45, 7) is 2.89. The molecule has 1 aliphatic heterocycles. The second-order valence-electron chi connectivity index (χ2n) is 4.83. The number of benzene rings is 1. The zero-order chi connectivity index (χ0) is 11.8. The van der Waals surface area contributed by atoms with Gasteiger partial charge in [0.05, 0.1) is 0 Å². The van der Waals surface area contributed by atoms with E-state index in [-0.39, 0.29) is 11.8 Å². The monoisotopic (exact) mass is 221 g/mol. The second kappa shape index (κ2) is 4.07. The summed E-state index contributed by atoms with van der Waals surface area (Å²) in [5.74, 6) is 0.235. The normalized spacial score (nSPS) is 25.6. The summed E-state index contributed by atoms with van der Waals surface area (Å²) in [5, 5.41) is 19.9. The average molecular weight is 221 g/mol. The van der Waals surface area contributed by atoms with Crippen molar-refractivity contribution >= 4 is 0 Å². The van der Waals surface area contributed by atoms with E-state index < -0.39 is 5.60 Å². The van der Waals surface area contributed by atoms with Gasteiger partial charge in [-0.3, -0.25) is 0 Å². The minimum Gasteiger partial charge on any atom is -0.508 e. The Hall–Kier alpha value is -1.06. The molecule has 0 aliphatic carbocycles. The highest BCUT2D eigenvalue weighted by Crippen LogP contribution is 2.34. The van der Waals surface area contributed by atoms with Gasteiger partial charge in [0.15, 0.2) is 0 Å². The first-order valence-corrected chi connectivity index (χ1v) is 5.74. The molecule has 0 unspecified atom stereocenters. The number of hydrogen-bond donors (Lipinski definition) is 2. The van der Waals surface area contributed by atoms with Gasteiger partial charge in [-0.1, -0.05) is 12.1 Å². The molecule has 3 nitrogen and oxygen atoms in total. The Balaban J connectivity index is 2.27. The molecule has 1 heterocycles. The summed E-state index contributed by atoms with van der Waals surface area (Å²) in [6.07, 6.45) is 2.15. The zero-order valence-electron chi connectivity index (χ0n) is 9.85. The Morgan fingerprint density at radius 1 is 1.31 bits per heavy atom. The molecule has 88 valence electrons. The summed E-state index contributed by atoms with van der Waals surface area (Å²) >= 11 is 0. The van der Waals surface area contributed by atoms with Crippen LogP contribution in [-0.2, 0) is 5.60 Å².